The molecule has 0 rings (SSSR count). The molecule has 0 unspecified atom stereocenters. The van der Waals surface area contributed by atoms with Gasteiger partial charge in [0.2, 0.25) is 0 Å². The van der Waals surface area contributed by atoms with E-state index in [9.17, 15) is 0 Å². The molecule has 0 N–H and O–H groups in total. The maximum absolute atomic E-state index is 8.50. The quantitative estimate of drug-likeness (QED) is 0.327. The van der Waals surface area contributed by atoms with Crippen LogP contribution < -0.4 is 51.4 Å². The normalized spacial score (nSPS) is 1.60. The summed E-state index contributed by atoms with van der Waals surface area (Å²) in [7, 11) is 0. The number of rotatable bonds is 0. The van der Waals surface area contributed by atoms with Crippen LogP contribution in [0, 0.1) is 0 Å². The molecule has 26 valence electrons. The van der Waals surface area contributed by atoms with Crippen LogP contribution in [-0.2, 0) is 25.7 Å². The Hall–Kier alpha value is 2.17. The second-order valence-electron chi connectivity index (χ2n) is 0.0833. The van der Waals surface area contributed by atoms with Gasteiger partial charge in [-0.15, -0.1) is 0 Å². The monoisotopic (exact) mass is 152 g/mol. The molecule has 5 heavy (non-hydrogen) atoms. The standard InChI is InChI=1S/K.2O.H4Si.Ti.H/h;;;1H4;;/q+1;;;;;-1. The minimum Gasteiger partial charge on any atom is -0.0149 e. The van der Waals surface area contributed by atoms with E-state index in [1.165, 1.54) is 0 Å². The van der Waals surface area contributed by atoms with Crippen LogP contribution in [0.1, 0.15) is 1.43 Å². The van der Waals surface area contributed by atoms with Gasteiger partial charge in [-0.3, -0.25) is 0 Å². The van der Waals surface area contributed by atoms with Crippen molar-refractivity contribution in [3.63, 3.8) is 0 Å². The third-order valence-corrected chi connectivity index (χ3v) is 0. The molecule has 0 amide bonds. The zero-order valence-electron chi connectivity index (χ0n) is 3.32. The molecule has 0 aromatic heterocycles. The smallest absolute Gasteiger partial charge is 0.0149 e. The fraction of sp³-hybridized carbons (Fsp3) is 0. The van der Waals surface area contributed by atoms with E-state index in [1.54, 1.807) is 0 Å². The zero-order chi connectivity index (χ0) is 2.71. The first-order valence-corrected chi connectivity index (χ1v) is 1.68. The number of hydrogen-bond donors (Lipinski definition) is 0. The molecule has 2 nitrogen and oxygen atoms in total. The van der Waals surface area contributed by atoms with Crippen molar-refractivity contribution in [1.29, 1.82) is 0 Å². The van der Waals surface area contributed by atoms with Crippen molar-refractivity contribution in [3.05, 3.63) is 0 Å². The molecule has 0 fully saturated rings. The molecule has 0 aliphatic rings. The Balaban J connectivity index is -0.00000000667. The van der Waals surface area contributed by atoms with Gasteiger partial charge in [-0.1, -0.05) is 0 Å². The fourth-order valence-electron chi connectivity index (χ4n) is 0. The van der Waals surface area contributed by atoms with Gasteiger partial charge in [-0.05, 0) is 11.0 Å². The van der Waals surface area contributed by atoms with Crippen LogP contribution in [0.5, 0.6) is 0 Å². The summed E-state index contributed by atoms with van der Waals surface area (Å²) in [5.41, 5.74) is 0. The summed E-state index contributed by atoms with van der Waals surface area (Å²) in [5, 5.41) is 0. The minimum absolute atomic E-state index is 0. The Labute approximate surface area is 87.6 Å². The molecule has 5 heteroatoms. The third-order valence-electron chi connectivity index (χ3n) is 0. The van der Waals surface area contributed by atoms with Gasteiger partial charge >= 0.3 is 77.1 Å². The molecule has 0 bridgehead atoms. The molecular formula is H5KO2SiTi. The van der Waals surface area contributed by atoms with Crippen LogP contribution in [0.2, 0.25) is 0 Å². The van der Waals surface area contributed by atoms with E-state index in [-0.39, 0.29) is 63.8 Å². The van der Waals surface area contributed by atoms with Crippen molar-refractivity contribution in [3.8, 4) is 0 Å². The summed E-state index contributed by atoms with van der Waals surface area (Å²) >= 11 is -2.00. The predicted molar refractivity (Wildman–Crippen MR) is 13.8 cm³/mol. The molecule has 0 heterocycles. The first-order chi connectivity index (χ1) is 1.41. The van der Waals surface area contributed by atoms with E-state index in [0.29, 0.717) is 0 Å². The fourth-order valence-corrected chi connectivity index (χ4v) is 0. The van der Waals surface area contributed by atoms with Crippen LogP contribution in [0.25, 0.3) is 0 Å². The zero-order valence-corrected chi connectivity index (χ0v) is 7.00. The van der Waals surface area contributed by atoms with Crippen LogP contribution in [0.15, 0.2) is 0 Å². The SMILES string of the molecule is [H-].[K+].[O]=[Ti]=[O].[SiH4]. The topological polar surface area (TPSA) is 34.1 Å². The summed E-state index contributed by atoms with van der Waals surface area (Å²) in [4.78, 5) is 0. The molecule has 0 aromatic rings. The molecule has 0 aromatic carbocycles. The van der Waals surface area contributed by atoms with Gasteiger partial charge in [0.15, 0.2) is 0 Å². The van der Waals surface area contributed by atoms with E-state index >= 15 is 0 Å². The van der Waals surface area contributed by atoms with Gasteiger partial charge < -0.3 is 1.43 Å². The molecule has 0 spiro atoms. The van der Waals surface area contributed by atoms with Crippen LogP contribution in [-0.4, -0.2) is 11.0 Å². The average Bonchev–Trinajstić information content (AvgIpc) is 0.918. The van der Waals surface area contributed by atoms with E-state index in [4.69, 9.17) is 6.65 Å². The van der Waals surface area contributed by atoms with Gasteiger partial charge in [-0.2, -0.15) is 0 Å². The van der Waals surface area contributed by atoms with Crippen LogP contribution in [0.3, 0.4) is 0 Å². The van der Waals surface area contributed by atoms with Crippen molar-refractivity contribution in [1.82, 2.24) is 0 Å². The summed E-state index contributed by atoms with van der Waals surface area (Å²) in [5.74, 6) is 0. The van der Waals surface area contributed by atoms with Gasteiger partial charge in [0.05, 0.1) is 0 Å². The second-order valence-corrected chi connectivity index (χ2v) is 0.344. The number of hydrogen-bond acceptors (Lipinski definition) is 2. The van der Waals surface area contributed by atoms with Gasteiger partial charge in [0, 0.05) is 0 Å². The summed E-state index contributed by atoms with van der Waals surface area (Å²) in [6, 6.07) is 0. The Morgan fingerprint density at radius 1 is 1.40 bits per heavy atom. The van der Waals surface area contributed by atoms with Gasteiger partial charge in [0.25, 0.3) is 0 Å². The van der Waals surface area contributed by atoms with Gasteiger partial charge in [0.1, 0.15) is 0 Å². The third kappa shape index (κ3) is 22.8. The maximum Gasteiger partial charge on any atom is -0.0149 e. The largest absolute Gasteiger partial charge is 0.0149 e. The first kappa shape index (κ1) is 15.7. The van der Waals surface area contributed by atoms with Crippen molar-refractivity contribution in [2.75, 3.05) is 0 Å². The van der Waals surface area contributed by atoms with Crippen molar-refractivity contribution < 1.29 is 78.6 Å². The van der Waals surface area contributed by atoms with E-state index in [1.807, 2.05) is 0 Å². The molecule has 0 atom stereocenters. The average molecular weight is 152 g/mol. The molecule has 0 saturated carbocycles. The Morgan fingerprint density at radius 3 is 1.40 bits per heavy atom. The summed E-state index contributed by atoms with van der Waals surface area (Å²) in [6.45, 7) is 0. The Morgan fingerprint density at radius 2 is 1.40 bits per heavy atom. The molecule has 0 aliphatic heterocycles. The second kappa shape index (κ2) is 16.4. The van der Waals surface area contributed by atoms with E-state index in [0.717, 1.165) is 0 Å². The molecule has 0 radical (unpaired) electrons. The Bertz CT molecular complexity index is 34.5. The van der Waals surface area contributed by atoms with Crippen LogP contribution in [0.4, 0.5) is 0 Å². The predicted octanol–water partition coefficient (Wildman–Crippen LogP) is -4.58. The minimum atomic E-state index is -2.00. The van der Waals surface area contributed by atoms with Crippen molar-refractivity contribution in [2.45, 2.75) is 0 Å². The van der Waals surface area contributed by atoms with Crippen molar-refractivity contribution >= 4 is 11.0 Å². The maximum atomic E-state index is 8.50. The van der Waals surface area contributed by atoms with Crippen molar-refractivity contribution in [2.24, 2.45) is 0 Å². The van der Waals surface area contributed by atoms with Gasteiger partial charge in [-0.25, -0.2) is 0 Å². The Kier molecular flexibility index (Phi) is 51.5. The van der Waals surface area contributed by atoms with E-state index < -0.39 is 19.1 Å². The molecule has 0 aliphatic carbocycles. The molecular weight excluding hydrogens is 147 g/mol. The summed E-state index contributed by atoms with van der Waals surface area (Å²) < 4.78 is 17.0. The van der Waals surface area contributed by atoms with E-state index in [2.05, 4.69) is 0 Å². The van der Waals surface area contributed by atoms with Crippen LogP contribution >= 0.6 is 0 Å². The first-order valence-electron chi connectivity index (χ1n) is 0.408. The summed E-state index contributed by atoms with van der Waals surface area (Å²) in [6.07, 6.45) is 0. The molecule has 0 saturated heterocycles.